The van der Waals surface area contributed by atoms with Crippen LogP contribution in [0.25, 0.3) is 0 Å². The van der Waals surface area contributed by atoms with Crippen LogP contribution in [0.5, 0.6) is 0 Å². The third kappa shape index (κ3) is 2.74. The molecule has 4 nitrogen and oxygen atoms in total. The van der Waals surface area contributed by atoms with Crippen molar-refractivity contribution in [1.29, 1.82) is 0 Å². The fraction of sp³-hybridized carbons (Fsp3) is 0.769. The molecule has 1 fully saturated rings. The van der Waals surface area contributed by atoms with E-state index in [2.05, 4.69) is 22.0 Å². The maximum absolute atomic E-state index is 4.84. The summed E-state index contributed by atoms with van der Waals surface area (Å²) in [6.45, 7) is 11.3. The van der Waals surface area contributed by atoms with Crippen LogP contribution in [-0.2, 0) is 19.5 Å². The molecule has 0 bridgehead atoms. The molecule has 0 aliphatic carbocycles. The summed E-state index contributed by atoms with van der Waals surface area (Å²) in [5.41, 5.74) is 1.37. The molecule has 2 aliphatic heterocycles. The van der Waals surface area contributed by atoms with E-state index >= 15 is 0 Å². The summed E-state index contributed by atoms with van der Waals surface area (Å²) in [7, 11) is 0. The van der Waals surface area contributed by atoms with Crippen LogP contribution in [0.15, 0.2) is 0 Å². The van der Waals surface area contributed by atoms with Gasteiger partial charge in [0.1, 0.15) is 5.01 Å². The highest BCUT2D eigenvalue weighted by Crippen LogP contribution is 2.25. The van der Waals surface area contributed by atoms with Gasteiger partial charge in [0, 0.05) is 50.6 Å². The zero-order valence-electron chi connectivity index (χ0n) is 11.1. The van der Waals surface area contributed by atoms with Gasteiger partial charge in [-0.15, -0.1) is 11.3 Å². The molecule has 0 unspecified atom stereocenters. The summed E-state index contributed by atoms with van der Waals surface area (Å²) >= 11 is 1.93. The average Bonchev–Trinajstić information content (AvgIpc) is 2.80. The predicted molar refractivity (Wildman–Crippen MR) is 74.9 cm³/mol. The van der Waals surface area contributed by atoms with Gasteiger partial charge in [0.15, 0.2) is 0 Å². The molecular formula is C13H22N4S. The Hall–Kier alpha value is -0.490. The second-order valence-electron chi connectivity index (χ2n) is 5.12. The van der Waals surface area contributed by atoms with Gasteiger partial charge in [0.05, 0.1) is 12.2 Å². The van der Waals surface area contributed by atoms with Crippen LogP contribution >= 0.6 is 11.3 Å². The van der Waals surface area contributed by atoms with Crippen molar-refractivity contribution in [3.05, 3.63) is 15.6 Å². The van der Waals surface area contributed by atoms with Crippen LogP contribution in [0, 0.1) is 0 Å². The predicted octanol–water partition coefficient (Wildman–Crippen LogP) is 0.926. The summed E-state index contributed by atoms with van der Waals surface area (Å²) in [5.74, 6) is 0. The second kappa shape index (κ2) is 5.65. The molecule has 0 radical (unpaired) electrons. The molecule has 0 atom stereocenters. The zero-order valence-corrected chi connectivity index (χ0v) is 11.9. The molecule has 3 heterocycles. The first-order valence-corrected chi connectivity index (χ1v) is 7.79. The Labute approximate surface area is 113 Å². The van der Waals surface area contributed by atoms with Crippen LogP contribution in [0.4, 0.5) is 0 Å². The van der Waals surface area contributed by atoms with Crippen LogP contribution in [0.3, 0.4) is 0 Å². The van der Waals surface area contributed by atoms with Crippen LogP contribution < -0.4 is 5.32 Å². The SMILES string of the molecule is CCN1CCc2nc(CN3CCNCC3)sc2C1. The van der Waals surface area contributed by atoms with Crippen molar-refractivity contribution in [2.45, 2.75) is 26.4 Å². The van der Waals surface area contributed by atoms with E-state index in [-0.39, 0.29) is 0 Å². The lowest BCUT2D eigenvalue weighted by molar-refractivity contribution is 0.232. The Morgan fingerprint density at radius 1 is 1.22 bits per heavy atom. The summed E-state index contributed by atoms with van der Waals surface area (Å²) in [5, 5.41) is 4.72. The van der Waals surface area contributed by atoms with Crippen molar-refractivity contribution in [3.8, 4) is 0 Å². The molecule has 1 aromatic heterocycles. The molecule has 0 spiro atoms. The second-order valence-corrected chi connectivity index (χ2v) is 6.29. The normalized spacial score (nSPS) is 22.1. The van der Waals surface area contributed by atoms with Crippen molar-refractivity contribution in [1.82, 2.24) is 20.1 Å². The van der Waals surface area contributed by atoms with E-state index in [0.29, 0.717) is 0 Å². The van der Waals surface area contributed by atoms with Gasteiger partial charge in [-0.05, 0) is 6.54 Å². The van der Waals surface area contributed by atoms with E-state index < -0.39 is 0 Å². The highest BCUT2D eigenvalue weighted by molar-refractivity contribution is 7.11. The summed E-state index contributed by atoms with van der Waals surface area (Å²) in [6.07, 6.45) is 1.14. The Balaban J connectivity index is 1.65. The van der Waals surface area contributed by atoms with Crippen molar-refractivity contribution >= 4 is 11.3 Å². The number of fused-ring (bicyclic) bond motifs is 1. The van der Waals surface area contributed by atoms with Gasteiger partial charge in [-0.3, -0.25) is 9.80 Å². The van der Waals surface area contributed by atoms with Crippen LogP contribution in [-0.4, -0.2) is 54.1 Å². The molecular weight excluding hydrogens is 244 g/mol. The molecule has 1 aromatic rings. The number of hydrogen-bond acceptors (Lipinski definition) is 5. The van der Waals surface area contributed by atoms with Gasteiger partial charge in [0.25, 0.3) is 0 Å². The van der Waals surface area contributed by atoms with Gasteiger partial charge in [0.2, 0.25) is 0 Å². The number of nitrogens with zero attached hydrogens (tertiary/aromatic N) is 3. The third-order valence-electron chi connectivity index (χ3n) is 3.87. The highest BCUT2D eigenvalue weighted by atomic mass is 32.1. The number of likely N-dealkylation sites (N-methyl/N-ethyl adjacent to an activating group) is 1. The topological polar surface area (TPSA) is 31.4 Å². The Kier molecular flexibility index (Phi) is 3.94. The van der Waals surface area contributed by atoms with Crippen LogP contribution in [0.2, 0.25) is 0 Å². The molecule has 100 valence electrons. The molecule has 2 aliphatic rings. The van der Waals surface area contributed by atoms with Gasteiger partial charge >= 0.3 is 0 Å². The number of nitrogens with one attached hydrogen (secondary N) is 1. The molecule has 0 amide bonds. The fourth-order valence-corrected chi connectivity index (χ4v) is 3.90. The van der Waals surface area contributed by atoms with Crippen molar-refractivity contribution in [3.63, 3.8) is 0 Å². The molecule has 3 rings (SSSR count). The summed E-state index contributed by atoms with van der Waals surface area (Å²) in [4.78, 5) is 11.4. The third-order valence-corrected chi connectivity index (χ3v) is 4.94. The number of thiazole rings is 1. The maximum atomic E-state index is 4.84. The van der Waals surface area contributed by atoms with Gasteiger partial charge in [-0.1, -0.05) is 6.92 Å². The maximum Gasteiger partial charge on any atom is 0.107 e. The molecule has 1 saturated heterocycles. The monoisotopic (exact) mass is 266 g/mol. The first-order valence-electron chi connectivity index (χ1n) is 6.98. The number of hydrogen-bond donors (Lipinski definition) is 1. The minimum atomic E-state index is 1.05. The number of aromatic nitrogens is 1. The van der Waals surface area contributed by atoms with Crippen molar-refractivity contribution < 1.29 is 0 Å². The minimum absolute atomic E-state index is 1.05. The standard InChI is InChI=1S/C13H22N4S/c1-2-16-6-3-11-12(9-16)18-13(15-11)10-17-7-4-14-5-8-17/h14H,2-10H2,1H3. The van der Waals surface area contributed by atoms with E-state index in [9.17, 15) is 0 Å². The Morgan fingerprint density at radius 2 is 2.06 bits per heavy atom. The average molecular weight is 266 g/mol. The molecule has 5 heteroatoms. The first kappa shape index (κ1) is 12.5. The fourth-order valence-electron chi connectivity index (χ4n) is 2.70. The van der Waals surface area contributed by atoms with E-state index in [0.717, 1.165) is 52.2 Å². The van der Waals surface area contributed by atoms with E-state index in [1.165, 1.54) is 22.1 Å². The quantitative estimate of drug-likeness (QED) is 0.882. The summed E-state index contributed by atoms with van der Waals surface area (Å²) < 4.78 is 0. The lowest BCUT2D eigenvalue weighted by Gasteiger charge is -2.26. The highest BCUT2D eigenvalue weighted by Gasteiger charge is 2.20. The first-order chi connectivity index (χ1) is 8.85. The van der Waals surface area contributed by atoms with Gasteiger partial charge < -0.3 is 5.32 Å². The smallest absolute Gasteiger partial charge is 0.107 e. The molecule has 18 heavy (non-hydrogen) atoms. The van der Waals surface area contributed by atoms with Gasteiger partial charge in [-0.2, -0.15) is 0 Å². The summed E-state index contributed by atoms with van der Waals surface area (Å²) in [6, 6.07) is 0. The lowest BCUT2D eigenvalue weighted by atomic mass is 10.2. The molecule has 1 N–H and O–H groups in total. The van der Waals surface area contributed by atoms with E-state index in [1.54, 1.807) is 0 Å². The largest absolute Gasteiger partial charge is 0.314 e. The van der Waals surface area contributed by atoms with Gasteiger partial charge in [-0.25, -0.2) is 4.98 Å². The minimum Gasteiger partial charge on any atom is -0.314 e. The van der Waals surface area contributed by atoms with Crippen molar-refractivity contribution in [2.75, 3.05) is 39.3 Å². The Morgan fingerprint density at radius 3 is 2.83 bits per heavy atom. The van der Waals surface area contributed by atoms with E-state index in [1.807, 2.05) is 11.3 Å². The van der Waals surface area contributed by atoms with E-state index in [4.69, 9.17) is 4.98 Å². The zero-order chi connectivity index (χ0) is 12.4. The van der Waals surface area contributed by atoms with Crippen molar-refractivity contribution in [2.24, 2.45) is 0 Å². The molecule has 0 aromatic carbocycles. The van der Waals surface area contributed by atoms with Crippen LogP contribution in [0.1, 0.15) is 22.5 Å². The number of rotatable bonds is 3. The Bertz CT molecular complexity index is 398. The lowest BCUT2D eigenvalue weighted by Crippen LogP contribution is -2.42. The molecule has 0 saturated carbocycles. The number of piperazine rings is 1.